The predicted octanol–water partition coefficient (Wildman–Crippen LogP) is 2.06. The smallest absolute Gasteiger partial charge is 0.333 e. The molecule has 1 aliphatic rings. The lowest BCUT2D eigenvalue weighted by molar-refractivity contribution is -0.152. The number of carboxylic acid groups (broad SMARTS) is 1. The fraction of sp³-hybridized carbons (Fsp3) is 0.900. The average Bonchev–Trinajstić information content (AvgIpc) is 2.33. The van der Waals surface area contributed by atoms with Crippen LogP contribution in [0.15, 0.2) is 0 Å². The van der Waals surface area contributed by atoms with Crippen molar-refractivity contribution in [2.45, 2.75) is 44.6 Å². The number of methoxy groups -OCH3 is 1. The summed E-state index contributed by atoms with van der Waals surface area (Å²) >= 11 is 0. The Balaban J connectivity index is 2.50. The van der Waals surface area contributed by atoms with Crippen molar-refractivity contribution in [3.63, 3.8) is 0 Å². The van der Waals surface area contributed by atoms with Gasteiger partial charge < -0.3 is 9.84 Å². The summed E-state index contributed by atoms with van der Waals surface area (Å²) in [4.78, 5) is 10.8. The van der Waals surface area contributed by atoms with E-state index in [-0.39, 0.29) is 5.92 Å². The Morgan fingerprint density at radius 3 is 2.23 bits per heavy atom. The van der Waals surface area contributed by atoms with Gasteiger partial charge in [0, 0.05) is 7.11 Å². The first-order chi connectivity index (χ1) is 6.25. The van der Waals surface area contributed by atoms with E-state index in [9.17, 15) is 4.79 Å². The van der Waals surface area contributed by atoms with Crippen LogP contribution in [-0.4, -0.2) is 24.3 Å². The SMILES string of the molecule is COC(C(=O)O)C1CCCCCC1. The molecule has 1 atom stereocenters. The van der Waals surface area contributed by atoms with Gasteiger partial charge in [0.2, 0.25) is 0 Å². The van der Waals surface area contributed by atoms with Gasteiger partial charge in [-0.15, -0.1) is 0 Å². The van der Waals surface area contributed by atoms with Crippen molar-refractivity contribution in [1.82, 2.24) is 0 Å². The van der Waals surface area contributed by atoms with Crippen molar-refractivity contribution >= 4 is 5.97 Å². The van der Waals surface area contributed by atoms with E-state index in [2.05, 4.69) is 0 Å². The molecule has 0 aromatic rings. The van der Waals surface area contributed by atoms with E-state index in [0.29, 0.717) is 0 Å². The number of carbonyl (C=O) groups is 1. The van der Waals surface area contributed by atoms with Crippen molar-refractivity contribution in [2.24, 2.45) is 5.92 Å². The molecule has 76 valence electrons. The molecule has 3 heteroatoms. The average molecular weight is 186 g/mol. The van der Waals surface area contributed by atoms with Crippen molar-refractivity contribution in [1.29, 1.82) is 0 Å². The van der Waals surface area contributed by atoms with E-state index in [0.717, 1.165) is 25.7 Å². The molecule has 0 aromatic carbocycles. The van der Waals surface area contributed by atoms with Crippen LogP contribution in [0.1, 0.15) is 38.5 Å². The molecule has 0 aromatic heterocycles. The third-order valence-electron chi connectivity index (χ3n) is 2.83. The monoisotopic (exact) mass is 186 g/mol. The number of hydrogen-bond donors (Lipinski definition) is 1. The Labute approximate surface area is 79.1 Å². The van der Waals surface area contributed by atoms with Crippen LogP contribution in [0.5, 0.6) is 0 Å². The lowest BCUT2D eigenvalue weighted by Gasteiger charge is -2.20. The van der Waals surface area contributed by atoms with Crippen LogP contribution in [0.3, 0.4) is 0 Å². The van der Waals surface area contributed by atoms with Gasteiger partial charge in [0.1, 0.15) is 0 Å². The van der Waals surface area contributed by atoms with Gasteiger partial charge in [-0.2, -0.15) is 0 Å². The second kappa shape index (κ2) is 5.22. The highest BCUT2D eigenvalue weighted by Gasteiger charge is 2.28. The lowest BCUT2D eigenvalue weighted by Crippen LogP contribution is -2.31. The number of rotatable bonds is 3. The molecule has 1 fully saturated rings. The summed E-state index contributed by atoms with van der Waals surface area (Å²) < 4.78 is 5.01. The summed E-state index contributed by atoms with van der Waals surface area (Å²) in [6.45, 7) is 0. The molecule has 1 saturated carbocycles. The first-order valence-corrected chi connectivity index (χ1v) is 5.01. The zero-order valence-electron chi connectivity index (χ0n) is 8.16. The van der Waals surface area contributed by atoms with E-state index in [1.165, 1.54) is 20.0 Å². The molecule has 0 aliphatic heterocycles. The van der Waals surface area contributed by atoms with Gasteiger partial charge in [0.05, 0.1) is 0 Å². The molecular weight excluding hydrogens is 168 g/mol. The number of ether oxygens (including phenoxy) is 1. The minimum atomic E-state index is -0.811. The summed E-state index contributed by atoms with van der Waals surface area (Å²) in [5.74, 6) is -0.584. The topological polar surface area (TPSA) is 46.5 Å². The second-order valence-electron chi connectivity index (χ2n) is 3.75. The minimum Gasteiger partial charge on any atom is -0.479 e. The molecule has 0 radical (unpaired) electrons. The summed E-state index contributed by atoms with van der Waals surface area (Å²) in [6, 6.07) is 0. The van der Waals surface area contributed by atoms with E-state index in [1.54, 1.807) is 0 Å². The molecule has 0 spiro atoms. The standard InChI is InChI=1S/C10H18O3/c1-13-9(10(11)12)8-6-4-2-3-5-7-8/h8-9H,2-7H2,1H3,(H,11,12). The molecule has 3 nitrogen and oxygen atoms in total. The van der Waals surface area contributed by atoms with Crippen LogP contribution >= 0.6 is 0 Å². The number of hydrogen-bond acceptors (Lipinski definition) is 2. The first kappa shape index (κ1) is 10.5. The van der Waals surface area contributed by atoms with Crippen LogP contribution in [0.2, 0.25) is 0 Å². The molecule has 13 heavy (non-hydrogen) atoms. The van der Waals surface area contributed by atoms with E-state index in [1.807, 2.05) is 0 Å². The quantitative estimate of drug-likeness (QED) is 0.686. The third-order valence-corrected chi connectivity index (χ3v) is 2.83. The van der Waals surface area contributed by atoms with Gasteiger partial charge in [-0.05, 0) is 18.8 Å². The lowest BCUT2D eigenvalue weighted by atomic mass is 9.94. The highest BCUT2D eigenvalue weighted by Crippen LogP contribution is 2.26. The summed E-state index contributed by atoms with van der Waals surface area (Å²) in [5.41, 5.74) is 0. The molecule has 0 saturated heterocycles. The van der Waals surface area contributed by atoms with Crippen molar-refractivity contribution in [2.75, 3.05) is 7.11 Å². The zero-order valence-corrected chi connectivity index (χ0v) is 8.16. The van der Waals surface area contributed by atoms with Crippen molar-refractivity contribution in [3.8, 4) is 0 Å². The molecule has 1 rings (SSSR count). The van der Waals surface area contributed by atoms with Crippen molar-refractivity contribution < 1.29 is 14.6 Å². The van der Waals surface area contributed by atoms with E-state index in [4.69, 9.17) is 9.84 Å². The fourth-order valence-corrected chi connectivity index (χ4v) is 2.11. The van der Waals surface area contributed by atoms with Gasteiger partial charge >= 0.3 is 5.97 Å². The second-order valence-corrected chi connectivity index (χ2v) is 3.75. The highest BCUT2D eigenvalue weighted by molar-refractivity contribution is 5.72. The van der Waals surface area contributed by atoms with Gasteiger partial charge in [-0.25, -0.2) is 4.79 Å². The Morgan fingerprint density at radius 1 is 1.31 bits per heavy atom. The molecule has 1 aliphatic carbocycles. The highest BCUT2D eigenvalue weighted by atomic mass is 16.5. The Bertz CT molecular complexity index is 160. The molecule has 0 amide bonds. The van der Waals surface area contributed by atoms with Gasteiger partial charge in [-0.1, -0.05) is 25.7 Å². The molecule has 1 N–H and O–H groups in total. The van der Waals surface area contributed by atoms with Crippen molar-refractivity contribution in [3.05, 3.63) is 0 Å². The van der Waals surface area contributed by atoms with Gasteiger partial charge in [0.15, 0.2) is 6.10 Å². The van der Waals surface area contributed by atoms with Gasteiger partial charge in [0.25, 0.3) is 0 Å². The maximum absolute atomic E-state index is 10.8. The molecule has 0 heterocycles. The predicted molar refractivity (Wildman–Crippen MR) is 49.6 cm³/mol. The Kier molecular flexibility index (Phi) is 4.22. The maximum Gasteiger partial charge on any atom is 0.333 e. The summed E-state index contributed by atoms with van der Waals surface area (Å²) in [6.07, 6.45) is 6.21. The third kappa shape index (κ3) is 2.99. The van der Waals surface area contributed by atoms with E-state index < -0.39 is 12.1 Å². The van der Waals surface area contributed by atoms with Crippen LogP contribution in [0, 0.1) is 5.92 Å². The van der Waals surface area contributed by atoms with Crippen LogP contribution in [0.4, 0.5) is 0 Å². The van der Waals surface area contributed by atoms with Crippen LogP contribution in [-0.2, 0) is 9.53 Å². The largest absolute Gasteiger partial charge is 0.479 e. The van der Waals surface area contributed by atoms with Gasteiger partial charge in [-0.3, -0.25) is 0 Å². The molecule has 1 unspecified atom stereocenters. The number of aliphatic carboxylic acids is 1. The minimum absolute atomic E-state index is 0.227. The summed E-state index contributed by atoms with van der Waals surface area (Å²) in [7, 11) is 1.49. The zero-order chi connectivity index (χ0) is 9.68. The Hall–Kier alpha value is -0.570. The number of carboxylic acids is 1. The molecular formula is C10H18O3. The van der Waals surface area contributed by atoms with E-state index >= 15 is 0 Å². The molecule has 0 bridgehead atoms. The summed E-state index contributed by atoms with van der Waals surface area (Å²) in [5, 5.41) is 8.89. The fourth-order valence-electron chi connectivity index (χ4n) is 2.11. The van der Waals surface area contributed by atoms with Crippen LogP contribution in [0.25, 0.3) is 0 Å². The normalized spacial score (nSPS) is 22.2. The van der Waals surface area contributed by atoms with Crippen LogP contribution < -0.4 is 0 Å². The Morgan fingerprint density at radius 2 is 1.85 bits per heavy atom. The maximum atomic E-state index is 10.8. The first-order valence-electron chi connectivity index (χ1n) is 5.01.